The normalized spacial score (nSPS) is 19.0. The summed E-state index contributed by atoms with van der Waals surface area (Å²) in [6, 6.07) is 6.02. The Labute approximate surface area is 145 Å². The van der Waals surface area contributed by atoms with Crippen LogP contribution in [-0.4, -0.2) is 73.9 Å². The van der Waals surface area contributed by atoms with Gasteiger partial charge in [0.25, 0.3) is 0 Å². The zero-order chi connectivity index (χ0) is 16.8. The van der Waals surface area contributed by atoms with E-state index < -0.39 is 5.97 Å². The third-order valence-electron chi connectivity index (χ3n) is 3.79. The molecule has 1 aliphatic heterocycles. The van der Waals surface area contributed by atoms with E-state index >= 15 is 0 Å². The summed E-state index contributed by atoms with van der Waals surface area (Å²) >= 11 is 3.51. The van der Waals surface area contributed by atoms with Crippen molar-refractivity contribution in [1.82, 2.24) is 9.80 Å². The number of hydrogen-bond donors (Lipinski definition) is 1. The number of halogens is 1. The number of benzene rings is 1. The van der Waals surface area contributed by atoms with E-state index in [0.717, 1.165) is 35.4 Å². The van der Waals surface area contributed by atoms with E-state index in [1.54, 1.807) is 19.1 Å². The van der Waals surface area contributed by atoms with Gasteiger partial charge in [-0.2, -0.15) is 0 Å². The standard InChI is InChI=1S/C16H23BrN2O4/c1-18(11-15(20)21)9-13-10-19(6-7-23-13)8-12-4-3-5-14(17)16(12)22-2/h3-5,13H,6-11H2,1-2H3,(H,20,21). The van der Waals surface area contributed by atoms with Gasteiger partial charge in [-0.05, 0) is 29.0 Å². The fourth-order valence-electron chi connectivity index (χ4n) is 2.83. The van der Waals surface area contributed by atoms with Gasteiger partial charge in [0.1, 0.15) is 5.75 Å². The summed E-state index contributed by atoms with van der Waals surface area (Å²) in [4.78, 5) is 14.8. The third-order valence-corrected chi connectivity index (χ3v) is 4.41. The SMILES string of the molecule is COc1c(Br)cccc1CN1CCOC(CN(C)CC(=O)O)C1. The van der Waals surface area contributed by atoms with Gasteiger partial charge in [-0.3, -0.25) is 14.6 Å². The van der Waals surface area contributed by atoms with Crippen LogP contribution >= 0.6 is 15.9 Å². The lowest BCUT2D eigenvalue weighted by Crippen LogP contribution is -2.47. The van der Waals surface area contributed by atoms with Crippen LogP contribution in [0.3, 0.4) is 0 Å². The van der Waals surface area contributed by atoms with Crippen molar-refractivity contribution in [3.8, 4) is 5.75 Å². The van der Waals surface area contributed by atoms with E-state index in [9.17, 15) is 4.79 Å². The first-order valence-electron chi connectivity index (χ1n) is 7.55. The number of carbonyl (C=O) groups is 1. The molecule has 7 heteroatoms. The first kappa shape index (κ1) is 18.2. The minimum absolute atomic E-state index is 0.0197. The van der Waals surface area contributed by atoms with Crippen LogP contribution in [0.1, 0.15) is 5.56 Å². The highest BCUT2D eigenvalue weighted by molar-refractivity contribution is 9.10. The smallest absolute Gasteiger partial charge is 0.317 e. The highest BCUT2D eigenvalue weighted by Gasteiger charge is 2.23. The van der Waals surface area contributed by atoms with Gasteiger partial charge >= 0.3 is 5.97 Å². The van der Waals surface area contributed by atoms with Crippen LogP contribution in [-0.2, 0) is 16.1 Å². The Kier molecular flexibility index (Phi) is 6.83. The van der Waals surface area contributed by atoms with E-state index in [2.05, 4.69) is 26.9 Å². The van der Waals surface area contributed by atoms with Crippen molar-refractivity contribution in [3.05, 3.63) is 28.2 Å². The van der Waals surface area contributed by atoms with E-state index in [1.807, 2.05) is 12.1 Å². The van der Waals surface area contributed by atoms with Gasteiger partial charge < -0.3 is 14.6 Å². The molecule has 1 N–H and O–H groups in total. The van der Waals surface area contributed by atoms with Crippen molar-refractivity contribution < 1.29 is 19.4 Å². The van der Waals surface area contributed by atoms with Crippen LogP contribution in [0.25, 0.3) is 0 Å². The molecule has 6 nitrogen and oxygen atoms in total. The molecule has 1 aliphatic rings. The maximum Gasteiger partial charge on any atom is 0.317 e. The molecule has 23 heavy (non-hydrogen) atoms. The quantitative estimate of drug-likeness (QED) is 0.768. The summed E-state index contributed by atoms with van der Waals surface area (Å²) < 4.78 is 12.2. The van der Waals surface area contributed by atoms with Crippen molar-refractivity contribution in [2.75, 3.05) is 46.9 Å². The minimum atomic E-state index is -0.820. The summed E-state index contributed by atoms with van der Waals surface area (Å²) in [5, 5.41) is 8.83. The summed E-state index contributed by atoms with van der Waals surface area (Å²) in [5.74, 6) is 0.0394. The Hall–Kier alpha value is -1.15. The molecular formula is C16H23BrN2O4. The summed E-state index contributed by atoms with van der Waals surface area (Å²) in [6.45, 7) is 3.71. The first-order valence-corrected chi connectivity index (χ1v) is 8.34. The molecular weight excluding hydrogens is 364 g/mol. The third kappa shape index (κ3) is 5.46. The van der Waals surface area contributed by atoms with Crippen molar-refractivity contribution in [3.63, 3.8) is 0 Å². The topological polar surface area (TPSA) is 62.2 Å². The van der Waals surface area contributed by atoms with Crippen molar-refractivity contribution >= 4 is 21.9 Å². The van der Waals surface area contributed by atoms with Crippen molar-refractivity contribution in [2.45, 2.75) is 12.6 Å². The second-order valence-corrected chi connectivity index (χ2v) is 6.60. The molecule has 1 heterocycles. The summed E-state index contributed by atoms with van der Waals surface area (Å²) in [6.07, 6.45) is 0.0197. The van der Waals surface area contributed by atoms with E-state index in [-0.39, 0.29) is 12.6 Å². The lowest BCUT2D eigenvalue weighted by Gasteiger charge is -2.34. The van der Waals surface area contributed by atoms with Crippen LogP contribution in [0, 0.1) is 0 Å². The predicted molar refractivity (Wildman–Crippen MR) is 90.8 cm³/mol. The molecule has 1 atom stereocenters. The Morgan fingerprint density at radius 3 is 3.04 bits per heavy atom. The van der Waals surface area contributed by atoms with Crippen LogP contribution in [0.4, 0.5) is 0 Å². The molecule has 0 spiro atoms. The van der Waals surface area contributed by atoms with Crippen molar-refractivity contribution in [2.24, 2.45) is 0 Å². The van der Waals surface area contributed by atoms with Gasteiger partial charge in [-0.25, -0.2) is 0 Å². The molecule has 1 aromatic carbocycles. The largest absolute Gasteiger partial charge is 0.495 e. The fraction of sp³-hybridized carbons (Fsp3) is 0.562. The van der Waals surface area contributed by atoms with E-state index in [4.69, 9.17) is 14.6 Å². The number of carboxylic acids is 1. The monoisotopic (exact) mass is 386 g/mol. The molecule has 1 unspecified atom stereocenters. The number of nitrogens with zero attached hydrogens (tertiary/aromatic N) is 2. The number of likely N-dealkylation sites (N-methyl/N-ethyl adjacent to an activating group) is 1. The maximum absolute atomic E-state index is 10.7. The molecule has 1 fully saturated rings. The molecule has 0 bridgehead atoms. The molecule has 0 saturated carbocycles. The lowest BCUT2D eigenvalue weighted by molar-refractivity contribution is -0.138. The van der Waals surface area contributed by atoms with E-state index in [1.165, 1.54) is 0 Å². The number of rotatable bonds is 7. The number of para-hydroxylation sites is 1. The Balaban J connectivity index is 1.94. The molecule has 1 saturated heterocycles. The molecule has 0 aliphatic carbocycles. The Morgan fingerprint density at radius 1 is 1.57 bits per heavy atom. The number of ether oxygens (including phenoxy) is 2. The molecule has 2 rings (SSSR count). The average molecular weight is 387 g/mol. The minimum Gasteiger partial charge on any atom is -0.495 e. The number of aliphatic carboxylic acids is 1. The Bertz CT molecular complexity index is 541. The molecule has 0 radical (unpaired) electrons. The second-order valence-electron chi connectivity index (χ2n) is 5.75. The number of morpholine rings is 1. The van der Waals surface area contributed by atoms with Crippen molar-refractivity contribution in [1.29, 1.82) is 0 Å². The second kappa shape index (κ2) is 8.63. The van der Waals surface area contributed by atoms with Gasteiger partial charge in [0.2, 0.25) is 0 Å². The van der Waals surface area contributed by atoms with Gasteiger partial charge in [0, 0.05) is 31.7 Å². The number of hydrogen-bond acceptors (Lipinski definition) is 5. The maximum atomic E-state index is 10.7. The highest BCUT2D eigenvalue weighted by Crippen LogP contribution is 2.29. The van der Waals surface area contributed by atoms with Gasteiger partial charge in [-0.15, -0.1) is 0 Å². The van der Waals surface area contributed by atoms with E-state index in [0.29, 0.717) is 13.2 Å². The molecule has 1 aromatic rings. The summed E-state index contributed by atoms with van der Waals surface area (Å²) in [5.41, 5.74) is 1.13. The van der Waals surface area contributed by atoms with Crippen LogP contribution in [0.2, 0.25) is 0 Å². The Morgan fingerprint density at radius 2 is 2.35 bits per heavy atom. The number of carboxylic acid groups (broad SMARTS) is 1. The summed E-state index contributed by atoms with van der Waals surface area (Å²) in [7, 11) is 3.47. The molecule has 0 amide bonds. The van der Waals surface area contributed by atoms with Gasteiger partial charge in [0.05, 0.1) is 30.8 Å². The molecule has 0 aromatic heterocycles. The predicted octanol–water partition coefficient (Wildman–Crippen LogP) is 1.67. The van der Waals surface area contributed by atoms with Crippen LogP contribution < -0.4 is 4.74 Å². The zero-order valence-corrected chi connectivity index (χ0v) is 15.1. The highest BCUT2D eigenvalue weighted by atomic mass is 79.9. The average Bonchev–Trinajstić information content (AvgIpc) is 2.47. The zero-order valence-electron chi connectivity index (χ0n) is 13.5. The van der Waals surface area contributed by atoms with Crippen LogP contribution in [0.5, 0.6) is 5.75 Å². The number of methoxy groups -OCH3 is 1. The van der Waals surface area contributed by atoms with Gasteiger partial charge in [-0.1, -0.05) is 12.1 Å². The first-order chi connectivity index (χ1) is 11.0. The van der Waals surface area contributed by atoms with Crippen LogP contribution in [0.15, 0.2) is 22.7 Å². The van der Waals surface area contributed by atoms with Gasteiger partial charge in [0.15, 0.2) is 0 Å². The molecule has 128 valence electrons. The fourth-order valence-corrected chi connectivity index (χ4v) is 3.39. The lowest BCUT2D eigenvalue weighted by atomic mass is 10.1.